The topological polar surface area (TPSA) is 60.6 Å². The molecule has 0 saturated heterocycles. The Hall–Kier alpha value is -3.02. The first kappa shape index (κ1) is 17.8. The van der Waals surface area contributed by atoms with Crippen molar-refractivity contribution < 1.29 is 23.4 Å². The summed E-state index contributed by atoms with van der Waals surface area (Å²) in [6.07, 6.45) is 3.19. The molecule has 6 heteroatoms. The second kappa shape index (κ2) is 8.38. The molecule has 0 bridgehead atoms. The zero-order valence-electron chi connectivity index (χ0n) is 14.5. The fourth-order valence-electron chi connectivity index (χ4n) is 2.68. The number of H-pyrrole nitrogens is 1. The number of benzene rings is 2. The fraction of sp³-hybridized carbons (Fsp3) is 0.250. The van der Waals surface area contributed by atoms with Gasteiger partial charge in [0.25, 0.3) is 0 Å². The number of hydrogen-bond donors (Lipinski definition) is 1. The van der Waals surface area contributed by atoms with Crippen LogP contribution in [0.3, 0.4) is 0 Å². The van der Waals surface area contributed by atoms with Crippen molar-refractivity contribution in [2.45, 2.75) is 12.8 Å². The largest absolute Gasteiger partial charge is 0.497 e. The van der Waals surface area contributed by atoms with E-state index >= 15 is 0 Å². The molecule has 5 nitrogen and oxygen atoms in total. The van der Waals surface area contributed by atoms with Gasteiger partial charge in [0.05, 0.1) is 13.7 Å². The summed E-state index contributed by atoms with van der Waals surface area (Å²) in [7, 11) is 1.56. The number of hydrogen-bond acceptors (Lipinski definition) is 4. The number of carbonyl (C=O) groups is 1. The van der Waals surface area contributed by atoms with Crippen LogP contribution in [0.1, 0.15) is 12.0 Å². The maximum absolute atomic E-state index is 13.4. The molecule has 3 rings (SSSR count). The minimum absolute atomic E-state index is 0.161. The predicted octanol–water partition coefficient (Wildman–Crippen LogP) is 3.87. The highest BCUT2D eigenvalue weighted by Gasteiger charge is 2.07. The Kier molecular flexibility index (Phi) is 5.73. The lowest BCUT2D eigenvalue weighted by Gasteiger charge is -2.08. The van der Waals surface area contributed by atoms with E-state index in [0.29, 0.717) is 24.3 Å². The molecule has 0 fully saturated rings. The molecule has 1 N–H and O–H groups in total. The van der Waals surface area contributed by atoms with E-state index in [4.69, 9.17) is 14.2 Å². The Bertz CT molecular complexity index is 890. The van der Waals surface area contributed by atoms with Crippen molar-refractivity contribution in [2.24, 2.45) is 0 Å². The lowest BCUT2D eigenvalue weighted by atomic mass is 10.1. The highest BCUT2D eigenvalue weighted by atomic mass is 19.1. The highest BCUT2D eigenvalue weighted by Crippen LogP contribution is 2.21. The van der Waals surface area contributed by atoms with Gasteiger partial charge >= 0.3 is 5.97 Å². The summed E-state index contributed by atoms with van der Waals surface area (Å²) < 4.78 is 29.0. The molecule has 0 amide bonds. The molecular weight excluding hydrogens is 337 g/mol. The Morgan fingerprint density at radius 1 is 1.15 bits per heavy atom. The van der Waals surface area contributed by atoms with Gasteiger partial charge in [-0.15, -0.1) is 0 Å². The fourth-order valence-corrected chi connectivity index (χ4v) is 2.68. The van der Waals surface area contributed by atoms with Crippen LogP contribution >= 0.6 is 0 Å². The second-order valence-corrected chi connectivity index (χ2v) is 5.80. The number of ether oxygens (including phenoxy) is 3. The predicted molar refractivity (Wildman–Crippen MR) is 96.0 cm³/mol. The molecule has 0 unspecified atom stereocenters. The monoisotopic (exact) mass is 357 g/mol. The van der Waals surface area contributed by atoms with Crippen LogP contribution in [0.2, 0.25) is 0 Å². The van der Waals surface area contributed by atoms with E-state index < -0.39 is 5.97 Å². The van der Waals surface area contributed by atoms with Crippen LogP contribution in [0.15, 0.2) is 48.7 Å². The first-order chi connectivity index (χ1) is 12.7. The molecule has 0 radical (unpaired) electrons. The van der Waals surface area contributed by atoms with Crippen LogP contribution in [0.5, 0.6) is 11.5 Å². The number of halogens is 1. The number of rotatable bonds is 8. The quantitative estimate of drug-likeness (QED) is 0.491. The first-order valence-corrected chi connectivity index (χ1v) is 8.33. The molecule has 0 spiro atoms. The van der Waals surface area contributed by atoms with Gasteiger partial charge < -0.3 is 19.2 Å². The van der Waals surface area contributed by atoms with E-state index in [1.54, 1.807) is 37.4 Å². The first-order valence-electron chi connectivity index (χ1n) is 8.33. The van der Waals surface area contributed by atoms with Crippen molar-refractivity contribution in [3.63, 3.8) is 0 Å². The number of nitrogens with one attached hydrogen (secondary N) is 1. The maximum Gasteiger partial charge on any atom is 0.344 e. The van der Waals surface area contributed by atoms with Gasteiger partial charge in [-0.1, -0.05) is 6.07 Å². The molecule has 136 valence electrons. The highest BCUT2D eigenvalue weighted by molar-refractivity contribution is 5.83. The van der Waals surface area contributed by atoms with Crippen molar-refractivity contribution in [2.75, 3.05) is 20.3 Å². The van der Waals surface area contributed by atoms with Gasteiger partial charge in [0.15, 0.2) is 6.61 Å². The number of fused-ring (bicyclic) bond motifs is 1. The summed E-state index contributed by atoms with van der Waals surface area (Å²) in [4.78, 5) is 14.9. The van der Waals surface area contributed by atoms with Crippen molar-refractivity contribution in [3.05, 3.63) is 60.0 Å². The zero-order chi connectivity index (χ0) is 18.4. The van der Waals surface area contributed by atoms with Crippen molar-refractivity contribution in [1.29, 1.82) is 0 Å². The Morgan fingerprint density at radius 2 is 2.00 bits per heavy atom. The van der Waals surface area contributed by atoms with E-state index in [0.717, 1.165) is 16.5 Å². The van der Waals surface area contributed by atoms with Gasteiger partial charge in [-0.05, 0) is 48.7 Å². The average molecular weight is 357 g/mol. The van der Waals surface area contributed by atoms with Gasteiger partial charge in [0.1, 0.15) is 17.3 Å². The van der Waals surface area contributed by atoms with E-state index in [9.17, 15) is 9.18 Å². The molecule has 0 atom stereocenters. The minimum Gasteiger partial charge on any atom is -0.497 e. The Labute approximate surface area is 150 Å². The summed E-state index contributed by atoms with van der Waals surface area (Å²) in [5.74, 6) is 0.505. The van der Waals surface area contributed by atoms with Gasteiger partial charge in [0.2, 0.25) is 0 Å². The van der Waals surface area contributed by atoms with E-state index in [1.165, 1.54) is 12.1 Å². The molecule has 0 saturated carbocycles. The lowest BCUT2D eigenvalue weighted by molar-refractivity contribution is -0.146. The lowest BCUT2D eigenvalue weighted by Crippen LogP contribution is -2.15. The maximum atomic E-state index is 13.4. The summed E-state index contributed by atoms with van der Waals surface area (Å²) >= 11 is 0. The third kappa shape index (κ3) is 4.53. The van der Waals surface area contributed by atoms with Crippen LogP contribution in [-0.2, 0) is 16.0 Å². The van der Waals surface area contributed by atoms with Crippen LogP contribution in [0, 0.1) is 5.82 Å². The van der Waals surface area contributed by atoms with E-state index in [1.807, 2.05) is 6.20 Å². The molecule has 0 aliphatic carbocycles. The standard InChI is InChI=1S/C20H20FNO4/c1-24-16-5-2-6-17(11-16)26-13-20(23)25-9-3-4-14-12-22-19-8-7-15(21)10-18(14)19/h2,5-8,10-12,22H,3-4,9,13H2,1H3. The molecule has 3 aromatic rings. The molecule has 26 heavy (non-hydrogen) atoms. The van der Waals surface area contributed by atoms with Crippen LogP contribution in [0.4, 0.5) is 4.39 Å². The number of methoxy groups -OCH3 is 1. The van der Waals surface area contributed by atoms with Crippen molar-refractivity contribution >= 4 is 16.9 Å². The van der Waals surface area contributed by atoms with Crippen LogP contribution < -0.4 is 9.47 Å². The summed E-state index contributed by atoms with van der Waals surface area (Å²) in [5, 5.41) is 0.859. The second-order valence-electron chi connectivity index (χ2n) is 5.80. The third-order valence-corrected chi connectivity index (χ3v) is 3.98. The SMILES string of the molecule is COc1cccc(OCC(=O)OCCCc2c[nH]c3ccc(F)cc23)c1. The molecular formula is C20H20FNO4. The summed E-state index contributed by atoms with van der Waals surface area (Å²) in [6, 6.07) is 11.7. The Balaban J connectivity index is 1.41. The van der Waals surface area contributed by atoms with E-state index in [-0.39, 0.29) is 19.0 Å². The van der Waals surface area contributed by atoms with Crippen molar-refractivity contribution in [1.82, 2.24) is 4.98 Å². The van der Waals surface area contributed by atoms with Crippen LogP contribution in [-0.4, -0.2) is 31.3 Å². The number of esters is 1. The normalized spacial score (nSPS) is 10.7. The summed E-state index contributed by atoms with van der Waals surface area (Å²) in [5.41, 5.74) is 1.90. The molecule has 1 heterocycles. The van der Waals surface area contributed by atoms with E-state index in [2.05, 4.69) is 4.98 Å². The smallest absolute Gasteiger partial charge is 0.344 e. The average Bonchev–Trinajstić information content (AvgIpc) is 3.06. The van der Waals surface area contributed by atoms with Gasteiger partial charge in [0, 0.05) is 23.2 Å². The Morgan fingerprint density at radius 3 is 2.85 bits per heavy atom. The van der Waals surface area contributed by atoms with Gasteiger partial charge in [-0.25, -0.2) is 9.18 Å². The molecule has 0 aliphatic rings. The number of aromatic amines is 1. The van der Waals surface area contributed by atoms with Gasteiger partial charge in [-0.2, -0.15) is 0 Å². The molecule has 0 aliphatic heterocycles. The number of carbonyl (C=O) groups excluding carboxylic acids is 1. The minimum atomic E-state index is -0.433. The van der Waals surface area contributed by atoms with Crippen molar-refractivity contribution in [3.8, 4) is 11.5 Å². The molecule has 1 aromatic heterocycles. The number of aryl methyl sites for hydroxylation is 1. The third-order valence-electron chi connectivity index (χ3n) is 3.98. The van der Waals surface area contributed by atoms with Gasteiger partial charge in [-0.3, -0.25) is 0 Å². The summed E-state index contributed by atoms with van der Waals surface area (Å²) in [6.45, 7) is 0.119. The molecule has 2 aromatic carbocycles. The number of aromatic nitrogens is 1. The van der Waals surface area contributed by atoms with Crippen LogP contribution in [0.25, 0.3) is 10.9 Å². The zero-order valence-corrected chi connectivity index (χ0v) is 14.5.